The molecule has 0 aliphatic rings. The number of unbranched alkanes of at least 4 members (excludes halogenated alkanes) is 5. The summed E-state index contributed by atoms with van der Waals surface area (Å²) in [5.74, 6) is 0.785. The van der Waals surface area contributed by atoms with Crippen molar-refractivity contribution in [2.24, 2.45) is 5.92 Å². The molecule has 1 aromatic rings. The van der Waals surface area contributed by atoms with Crippen LogP contribution in [0, 0.1) is 5.92 Å². The molecule has 0 aromatic heterocycles. The second-order valence-corrected chi connectivity index (χ2v) is 7.20. The Morgan fingerprint density at radius 1 is 0.808 bits per heavy atom. The Labute approximate surface area is 158 Å². The highest BCUT2D eigenvalue weighted by Crippen LogP contribution is 2.27. The van der Waals surface area contributed by atoms with Crippen molar-refractivity contribution in [2.75, 3.05) is 0 Å². The third kappa shape index (κ3) is 10.2. The van der Waals surface area contributed by atoms with E-state index in [9.17, 15) is 9.59 Å². The lowest BCUT2D eigenvalue weighted by Crippen LogP contribution is -2.12. The van der Waals surface area contributed by atoms with E-state index < -0.39 is 0 Å². The molecular formula is C22H34O4. The summed E-state index contributed by atoms with van der Waals surface area (Å²) in [7, 11) is 0. The SMILES string of the molecule is CCCCCCC(=O)Oc1ccccc1OC(=O)CCCCCC(C)C. The van der Waals surface area contributed by atoms with E-state index >= 15 is 0 Å². The summed E-state index contributed by atoms with van der Waals surface area (Å²) in [6, 6.07) is 6.86. The maximum Gasteiger partial charge on any atom is 0.311 e. The third-order valence-electron chi connectivity index (χ3n) is 4.19. The van der Waals surface area contributed by atoms with Crippen LogP contribution in [-0.4, -0.2) is 11.9 Å². The molecule has 0 atom stereocenters. The molecule has 0 saturated heterocycles. The Morgan fingerprint density at radius 2 is 1.31 bits per heavy atom. The van der Waals surface area contributed by atoms with Crippen LogP contribution >= 0.6 is 0 Å². The van der Waals surface area contributed by atoms with Gasteiger partial charge in [0, 0.05) is 12.8 Å². The van der Waals surface area contributed by atoms with Crippen molar-refractivity contribution in [1.82, 2.24) is 0 Å². The number of carbonyl (C=O) groups excluding carboxylic acids is 2. The fourth-order valence-electron chi connectivity index (χ4n) is 2.66. The Hall–Kier alpha value is -1.84. The highest BCUT2D eigenvalue weighted by Gasteiger charge is 2.13. The molecule has 0 spiro atoms. The lowest BCUT2D eigenvalue weighted by atomic mass is 10.0. The minimum Gasteiger partial charge on any atom is -0.423 e. The number of ether oxygens (including phenoxy) is 2. The Bertz CT molecular complexity index is 537. The van der Waals surface area contributed by atoms with Crippen molar-refractivity contribution in [2.45, 2.75) is 85.0 Å². The molecule has 4 nitrogen and oxygen atoms in total. The largest absolute Gasteiger partial charge is 0.423 e. The van der Waals surface area contributed by atoms with Crippen molar-refractivity contribution in [3.05, 3.63) is 24.3 Å². The average molecular weight is 363 g/mol. The second-order valence-electron chi connectivity index (χ2n) is 7.20. The van der Waals surface area contributed by atoms with Gasteiger partial charge in [-0.2, -0.15) is 0 Å². The Morgan fingerprint density at radius 3 is 1.77 bits per heavy atom. The van der Waals surface area contributed by atoms with Gasteiger partial charge in [-0.15, -0.1) is 0 Å². The van der Waals surface area contributed by atoms with E-state index in [4.69, 9.17) is 9.47 Å². The van der Waals surface area contributed by atoms with E-state index in [1.807, 2.05) is 0 Å². The molecule has 0 heterocycles. The number of hydrogen-bond donors (Lipinski definition) is 0. The van der Waals surface area contributed by atoms with Gasteiger partial charge in [0.2, 0.25) is 0 Å². The van der Waals surface area contributed by atoms with Gasteiger partial charge in [-0.05, 0) is 30.9 Å². The van der Waals surface area contributed by atoms with E-state index in [-0.39, 0.29) is 11.9 Å². The van der Waals surface area contributed by atoms with Gasteiger partial charge in [0.25, 0.3) is 0 Å². The topological polar surface area (TPSA) is 52.6 Å². The van der Waals surface area contributed by atoms with E-state index in [1.54, 1.807) is 24.3 Å². The molecule has 0 aliphatic carbocycles. The second kappa shape index (κ2) is 13.4. The first-order chi connectivity index (χ1) is 12.5. The van der Waals surface area contributed by atoms with Crippen LogP contribution in [-0.2, 0) is 9.59 Å². The normalized spacial score (nSPS) is 10.8. The number of carbonyl (C=O) groups is 2. The van der Waals surface area contributed by atoms with Crippen LogP contribution in [0.1, 0.15) is 85.0 Å². The zero-order valence-corrected chi connectivity index (χ0v) is 16.6. The first-order valence-corrected chi connectivity index (χ1v) is 10.0. The van der Waals surface area contributed by atoms with Gasteiger partial charge in [0.05, 0.1) is 0 Å². The Kier molecular flexibility index (Phi) is 11.4. The maximum absolute atomic E-state index is 12.0. The van der Waals surface area contributed by atoms with Crippen LogP contribution in [0.3, 0.4) is 0 Å². The molecule has 0 unspecified atom stereocenters. The first-order valence-electron chi connectivity index (χ1n) is 10.0. The molecule has 0 bridgehead atoms. The molecule has 0 aliphatic heterocycles. The van der Waals surface area contributed by atoms with Crippen molar-refractivity contribution >= 4 is 11.9 Å². The van der Waals surface area contributed by atoms with Crippen LogP contribution in [0.15, 0.2) is 24.3 Å². The van der Waals surface area contributed by atoms with Gasteiger partial charge in [0.1, 0.15) is 0 Å². The van der Waals surface area contributed by atoms with E-state index in [2.05, 4.69) is 20.8 Å². The van der Waals surface area contributed by atoms with Crippen LogP contribution in [0.2, 0.25) is 0 Å². The van der Waals surface area contributed by atoms with Crippen LogP contribution in [0.25, 0.3) is 0 Å². The van der Waals surface area contributed by atoms with E-state index in [0.717, 1.165) is 44.9 Å². The minimum atomic E-state index is -0.279. The fraction of sp³-hybridized carbons (Fsp3) is 0.636. The van der Waals surface area contributed by atoms with Crippen LogP contribution in [0.4, 0.5) is 0 Å². The average Bonchev–Trinajstić information content (AvgIpc) is 2.60. The molecule has 0 fully saturated rings. The summed E-state index contributed by atoms with van der Waals surface area (Å²) < 4.78 is 10.8. The van der Waals surface area contributed by atoms with Crippen LogP contribution in [0.5, 0.6) is 11.5 Å². The number of esters is 2. The molecular weight excluding hydrogens is 328 g/mol. The summed E-state index contributed by atoms with van der Waals surface area (Å²) in [6.07, 6.45) is 9.05. The summed E-state index contributed by atoms with van der Waals surface area (Å²) in [6.45, 7) is 6.54. The standard InChI is InChI=1S/C22H34O4/c1-4-5-6-9-16-21(23)25-19-14-11-12-15-20(19)26-22(24)17-10-7-8-13-18(2)3/h11-12,14-15,18H,4-10,13,16-17H2,1-3H3. The highest BCUT2D eigenvalue weighted by molar-refractivity contribution is 5.76. The molecule has 1 aromatic carbocycles. The number of benzene rings is 1. The van der Waals surface area contributed by atoms with Crippen LogP contribution < -0.4 is 9.47 Å². The van der Waals surface area contributed by atoms with Gasteiger partial charge >= 0.3 is 11.9 Å². The predicted octanol–water partition coefficient (Wildman–Crippen LogP) is 6.07. The highest BCUT2D eigenvalue weighted by atomic mass is 16.6. The molecule has 4 heteroatoms. The summed E-state index contributed by atoms with van der Waals surface area (Å²) in [5, 5.41) is 0. The molecule has 0 radical (unpaired) electrons. The number of para-hydroxylation sites is 2. The monoisotopic (exact) mass is 362 g/mol. The first kappa shape index (κ1) is 22.2. The number of rotatable bonds is 13. The van der Waals surface area contributed by atoms with E-state index in [1.165, 1.54) is 6.42 Å². The fourth-order valence-corrected chi connectivity index (χ4v) is 2.66. The van der Waals surface area contributed by atoms with Crippen molar-refractivity contribution in [3.8, 4) is 11.5 Å². The number of hydrogen-bond acceptors (Lipinski definition) is 4. The van der Waals surface area contributed by atoms with Gasteiger partial charge in [-0.1, -0.05) is 71.4 Å². The summed E-state index contributed by atoms with van der Waals surface area (Å²) >= 11 is 0. The summed E-state index contributed by atoms with van der Waals surface area (Å²) in [4.78, 5) is 24.0. The molecule has 26 heavy (non-hydrogen) atoms. The predicted molar refractivity (Wildman–Crippen MR) is 104 cm³/mol. The molecule has 146 valence electrons. The minimum absolute atomic E-state index is 0.277. The smallest absolute Gasteiger partial charge is 0.311 e. The van der Waals surface area contributed by atoms with Crippen molar-refractivity contribution in [3.63, 3.8) is 0 Å². The summed E-state index contributed by atoms with van der Waals surface area (Å²) in [5.41, 5.74) is 0. The van der Waals surface area contributed by atoms with Gasteiger partial charge in [-0.3, -0.25) is 9.59 Å². The van der Waals surface area contributed by atoms with Gasteiger partial charge < -0.3 is 9.47 Å². The molecule has 0 N–H and O–H groups in total. The zero-order chi connectivity index (χ0) is 19.2. The zero-order valence-electron chi connectivity index (χ0n) is 16.6. The van der Waals surface area contributed by atoms with Crippen molar-refractivity contribution in [1.29, 1.82) is 0 Å². The third-order valence-corrected chi connectivity index (χ3v) is 4.19. The maximum atomic E-state index is 12.0. The quantitative estimate of drug-likeness (QED) is 0.243. The molecule has 0 amide bonds. The van der Waals surface area contributed by atoms with Gasteiger partial charge in [-0.25, -0.2) is 0 Å². The van der Waals surface area contributed by atoms with E-state index in [0.29, 0.717) is 30.3 Å². The molecule has 0 saturated carbocycles. The Balaban J connectivity index is 2.40. The lowest BCUT2D eigenvalue weighted by Gasteiger charge is -2.10. The van der Waals surface area contributed by atoms with Gasteiger partial charge in [0.15, 0.2) is 11.5 Å². The lowest BCUT2D eigenvalue weighted by molar-refractivity contribution is -0.137. The molecule has 1 rings (SSSR count). The van der Waals surface area contributed by atoms with Crippen molar-refractivity contribution < 1.29 is 19.1 Å².